The maximum atomic E-state index is 13.3. The van der Waals surface area contributed by atoms with Crippen LogP contribution in [-0.2, 0) is 16.2 Å². The molecule has 8 nitrogen and oxygen atoms in total. The standard InChI is InChI=1S/C21H22F3N5O3S/c1-13-5-7-16(33(31,32)25-2)10-17(13)20(30)28-9-3-4-14(11-28)19-27-26-18-8-6-15(12-29(18)19)21(22,23)24/h5-8,10,12,14,25H,3-4,9,11H2,1-2H3. The summed E-state index contributed by atoms with van der Waals surface area (Å²) in [5.74, 6) is -0.294. The van der Waals surface area contributed by atoms with Crippen LogP contribution in [0.2, 0.25) is 0 Å². The van der Waals surface area contributed by atoms with Crippen LogP contribution in [0.25, 0.3) is 5.65 Å². The summed E-state index contributed by atoms with van der Waals surface area (Å²) in [6.45, 7) is 2.40. The lowest BCUT2D eigenvalue weighted by atomic mass is 9.96. The molecule has 1 fully saturated rings. The van der Waals surface area contributed by atoms with Gasteiger partial charge in [0.05, 0.1) is 10.5 Å². The molecule has 1 aliphatic heterocycles. The van der Waals surface area contributed by atoms with E-state index in [2.05, 4.69) is 14.9 Å². The molecule has 0 aliphatic carbocycles. The number of nitrogens with one attached hydrogen (secondary N) is 1. The lowest BCUT2D eigenvalue weighted by molar-refractivity contribution is -0.137. The number of alkyl halides is 3. The number of nitrogens with zero attached hydrogens (tertiary/aromatic N) is 4. The van der Waals surface area contributed by atoms with Gasteiger partial charge in [-0.05, 0) is 56.6 Å². The van der Waals surface area contributed by atoms with E-state index in [1.807, 2.05) is 0 Å². The number of aromatic nitrogens is 3. The fraction of sp³-hybridized carbons (Fsp3) is 0.381. The highest BCUT2D eigenvalue weighted by molar-refractivity contribution is 7.89. The average Bonchev–Trinajstić information content (AvgIpc) is 3.21. The van der Waals surface area contributed by atoms with E-state index in [4.69, 9.17) is 0 Å². The smallest absolute Gasteiger partial charge is 0.338 e. The van der Waals surface area contributed by atoms with E-state index in [9.17, 15) is 26.4 Å². The predicted octanol–water partition coefficient (Wildman–Crippen LogP) is 2.98. The molecular formula is C21H22F3N5O3S. The first-order chi connectivity index (χ1) is 15.5. The van der Waals surface area contributed by atoms with Crippen LogP contribution in [0.1, 0.15) is 46.1 Å². The lowest BCUT2D eigenvalue weighted by Gasteiger charge is -2.32. The monoisotopic (exact) mass is 481 g/mol. The van der Waals surface area contributed by atoms with Crippen LogP contribution in [0.5, 0.6) is 0 Å². The second kappa shape index (κ2) is 8.41. The largest absolute Gasteiger partial charge is 0.417 e. The Hall–Kier alpha value is -2.99. The summed E-state index contributed by atoms with van der Waals surface area (Å²) in [6.07, 6.45) is -2.27. The number of hydrogen-bond donors (Lipinski definition) is 1. The van der Waals surface area contributed by atoms with Crippen molar-refractivity contribution in [3.05, 3.63) is 59.0 Å². The normalized spacial score (nSPS) is 17.5. The van der Waals surface area contributed by atoms with E-state index >= 15 is 0 Å². The Morgan fingerprint density at radius 1 is 1.18 bits per heavy atom. The molecule has 1 atom stereocenters. The number of piperidine rings is 1. The highest BCUT2D eigenvalue weighted by Crippen LogP contribution is 2.32. The number of hydrogen-bond acceptors (Lipinski definition) is 5. The predicted molar refractivity (Wildman–Crippen MR) is 113 cm³/mol. The van der Waals surface area contributed by atoms with Crippen molar-refractivity contribution in [2.45, 2.75) is 36.8 Å². The SMILES string of the molecule is CNS(=O)(=O)c1ccc(C)c(C(=O)N2CCCC(c3nnc4ccc(C(F)(F)F)cn34)C2)c1. The minimum absolute atomic E-state index is 0.0179. The molecule has 12 heteroatoms. The second-order valence-corrected chi connectivity index (χ2v) is 9.86. The van der Waals surface area contributed by atoms with Gasteiger partial charge in [0, 0.05) is 30.8 Å². The van der Waals surface area contributed by atoms with Crippen LogP contribution in [0.3, 0.4) is 0 Å². The van der Waals surface area contributed by atoms with Crippen LogP contribution >= 0.6 is 0 Å². The Balaban J connectivity index is 1.64. The Morgan fingerprint density at radius 2 is 1.94 bits per heavy atom. The van der Waals surface area contributed by atoms with Gasteiger partial charge in [-0.1, -0.05) is 6.07 Å². The third-order valence-electron chi connectivity index (χ3n) is 5.85. The summed E-state index contributed by atoms with van der Waals surface area (Å²) < 4.78 is 67.4. The zero-order valence-electron chi connectivity index (χ0n) is 17.9. The molecule has 3 aromatic rings. The van der Waals surface area contributed by atoms with Gasteiger partial charge in [0.1, 0.15) is 5.82 Å². The number of pyridine rings is 1. The first kappa shape index (κ1) is 23.2. The topological polar surface area (TPSA) is 96.7 Å². The minimum atomic E-state index is -4.50. The van der Waals surface area contributed by atoms with E-state index in [0.29, 0.717) is 36.4 Å². The Morgan fingerprint density at radius 3 is 2.64 bits per heavy atom. The number of fused-ring (bicyclic) bond motifs is 1. The first-order valence-electron chi connectivity index (χ1n) is 10.3. The van der Waals surface area contributed by atoms with Crippen molar-refractivity contribution < 1.29 is 26.4 Å². The summed E-state index contributed by atoms with van der Waals surface area (Å²) in [5, 5.41) is 8.08. The fourth-order valence-corrected chi connectivity index (χ4v) is 4.77. The zero-order chi connectivity index (χ0) is 24.0. The van der Waals surface area contributed by atoms with Gasteiger partial charge in [-0.15, -0.1) is 10.2 Å². The average molecular weight is 482 g/mol. The zero-order valence-corrected chi connectivity index (χ0v) is 18.7. The number of likely N-dealkylation sites (tertiary alicyclic amines) is 1. The lowest BCUT2D eigenvalue weighted by Crippen LogP contribution is -2.40. The first-order valence-corrected chi connectivity index (χ1v) is 11.7. The van der Waals surface area contributed by atoms with Gasteiger partial charge < -0.3 is 4.90 Å². The summed E-state index contributed by atoms with van der Waals surface area (Å²) in [5.41, 5.74) is 0.373. The highest BCUT2D eigenvalue weighted by atomic mass is 32.2. The maximum Gasteiger partial charge on any atom is 0.417 e. The molecule has 0 spiro atoms. The summed E-state index contributed by atoms with van der Waals surface area (Å²) in [4.78, 5) is 14.8. The van der Waals surface area contributed by atoms with Crippen LogP contribution in [0.15, 0.2) is 41.4 Å². The molecule has 2 aromatic heterocycles. The van der Waals surface area contributed by atoms with Crippen molar-refractivity contribution in [3.63, 3.8) is 0 Å². The van der Waals surface area contributed by atoms with Gasteiger partial charge in [-0.25, -0.2) is 13.1 Å². The molecule has 3 heterocycles. The van der Waals surface area contributed by atoms with Crippen LogP contribution in [0.4, 0.5) is 13.2 Å². The molecule has 1 aromatic carbocycles. The molecule has 0 bridgehead atoms. The van der Waals surface area contributed by atoms with Crippen molar-refractivity contribution in [3.8, 4) is 0 Å². The van der Waals surface area contributed by atoms with Gasteiger partial charge in [-0.2, -0.15) is 13.2 Å². The van der Waals surface area contributed by atoms with Crippen molar-refractivity contribution in [1.29, 1.82) is 0 Å². The molecule has 176 valence electrons. The van der Waals surface area contributed by atoms with Gasteiger partial charge in [0.2, 0.25) is 10.0 Å². The quantitative estimate of drug-likeness (QED) is 0.618. The van der Waals surface area contributed by atoms with E-state index in [1.165, 1.54) is 29.6 Å². The Bertz CT molecular complexity index is 1320. The highest BCUT2D eigenvalue weighted by Gasteiger charge is 2.33. The molecular weight excluding hydrogens is 459 g/mol. The summed E-state index contributed by atoms with van der Waals surface area (Å²) in [7, 11) is -2.43. The molecule has 0 saturated carbocycles. The summed E-state index contributed by atoms with van der Waals surface area (Å²) in [6, 6.07) is 6.57. The number of benzene rings is 1. The number of sulfonamides is 1. The fourth-order valence-electron chi connectivity index (χ4n) is 4.01. The van der Waals surface area contributed by atoms with Crippen molar-refractivity contribution in [2.24, 2.45) is 0 Å². The van der Waals surface area contributed by atoms with Crippen molar-refractivity contribution in [2.75, 3.05) is 20.1 Å². The van der Waals surface area contributed by atoms with E-state index in [-0.39, 0.29) is 28.8 Å². The maximum absolute atomic E-state index is 13.3. The van der Waals surface area contributed by atoms with Gasteiger partial charge >= 0.3 is 6.18 Å². The number of aryl methyl sites for hydroxylation is 1. The number of rotatable bonds is 4. The van der Waals surface area contributed by atoms with Gasteiger partial charge in [0.25, 0.3) is 5.91 Å². The molecule has 1 unspecified atom stereocenters. The van der Waals surface area contributed by atoms with E-state index in [0.717, 1.165) is 12.3 Å². The molecule has 4 rings (SSSR count). The number of carbonyl (C=O) groups is 1. The minimum Gasteiger partial charge on any atom is -0.338 e. The summed E-state index contributed by atoms with van der Waals surface area (Å²) >= 11 is 0. The third kappa shape index (κ3) is 4.44. The molecule has 33 heavy (non-hydrogen) atoms. The van der Waals surface area contributed by atoms with Gasteiger partial charge in [-0.3, -0.25) is 9.20 Å². The van der Waals surface area contributed by atoms with Crippen LogP contribution in [0, 0.1) is 6.92 Å². The third-order valence-corrected chi connectivity index (χ3v) is 7.26. The number of amides is 1. The number of halogens is 3. The Labute approximate surface area is 188 Å². The molecule has 1 amide bonds. The van der Waals surface area contributed by atoms with Crippen molar-refractivity contribution >= 4 is 21.6 Å². The molecule has 1 saturated heterocycles. The van der Waals surface area contributed by atoms with Crippen LogP contribution in [-0.4, -0.2) is 54.0 Å². The number of carbonyl (C=O) groups excluding carboxylic acids is 1. The van der Waals surface area contributed by atoms with Crippen molar-refractivity contribution in [1.82, 2.24) is 24.2 Å². The van der Waals surface area contributed by atoms with E-state index < -0.39 is 21.8 Å². The second-order valence-electron chi connectivity index (χ2n) is 7.98. The Kier molecular flexibility index (Phi) is 5.91. The van der Waals surface area contributed by atoms with E-state index in [1.54, 1.807) is 17.9 Å². The molecule has 1 N–H and O–H groups in total. The van der Waals surface area contributed by atoms with Crippen LogP contribution < -0.4 is 4.72 Å². The molecule has 1 aliphatic rings. The molecule has 0 radical (unpaired) electrons. The van der Waals surface area contributed by atoms with Gasteiger partial charge in [0.15, 0.2) is 5.65 Å².